The fourth-order valence-corrected chi connectivity index (χ4v) is 1.92. The molecule has 1 aromatic carbocycles. The molecule has 1 aliphatic rings. The molecule has 0 spiro atoms. The lowest BCUT2D eigenvalue weighted by atomic mass is 9.86. The summed E-state index contributed by atoms with van der Waals surface area (Å²) in [7, 11) is 1.74. The van der Waals surface area contributed by atoms with E-state index in [1.807, 2.05) is 0 Å². The van der Waals surface area contributed by atoms with E-state index in [9.17, 15) is 0 Å². The number of methoxy groups -OCH3 is 1. The number of ether oxygens (including phenoxy) is 1. The van der Waals surface area contributed by atoms with Crippen molar-refractivity contribution in [3.05, 3.63) is 29.3 Å². The monoisotopic (exact) mass is 233 g/mol. The highest BCUT2D eigenvalue weighted by molar-refractivity contribution is 5.39. The molecule has 1 N–H and O–H groups in total. The second-order valence-electron chi connectivity index (χ2n) is 5.93. The van der Waals surface area contributed by atoms with Crippen molar-refractivity contribution in [2.24, 2.45) is 0 Å². The van der Waals surface area contributed by atoms with Gasteiger partial charge in [-0.05, 0) is 29.9 Å². The predicted octanol–water partition coefficient (Wildman–Crippen LogP) is 3.24. The van der Waals surface area contributed by atoms with Crippen LogP contribution in [0.3, 0.4) is 0 Å². The van der Waals surface area contributed by atoms with E-state index in [4.69, 9.17) is 4.74 Å². The highest BCUT2D eigenvalue weighted by Gasteiger charge is 2.21. The molecule has 0 radical (unpaired) electrons. The maximum Gasteiger partial charge on any atom is 0.123 e. The number of benzene rings is 1. The molecule has 0 unspecified atom stereocenters. The van der Waals surface area contributed by atoms with Gasteiger partial charge in [-0.3, -0.25) is 0 Å². The third-order valence-electron chi connectivity index (χ3n) is 3.30. The molecule has 1 saturated carbocycles. The smallest absolute Gasteiger partial charge is 0.123 e. The molecule has 0 bridgehead atoms. The number of nitrogens with one attached hydrogen (secondary N) is 1. The molecule has 0 heterocycles. The highest BCUT2D eigenvalue weighted by atomic mass is 16.5. The van der Waals surface area contributed by atoms with Gasteiger partial charge in [-0.2, -0.15) is 0 Å². The molecule has 1 aliphatic carbocycles. The van der Waals surface area contributed by atoms with Gasteiger partial charge in [0, 0.05) is 18.2 Å². The van der Waals surface area contributed by atoms with Gasteiger partial charge in [-0.15, -0.1) is 0 Å². The van der Waals surface area contributed by atoms with Crippen molar-refractivity contribution in [2.75, 3.05) is 7.11 Å². The molecule has 0 saturated heterocycles. The molecule has 2 nitrogen and oxygen atoms in total. The average Bonchev–Trinajstić information content (AvgIpc) is 3.08. The Morgan fingerprint density at radius 1 is 1.29 bits per heavy atom. The van der Waals surface area contributed by atoms with Crippen LogP contribution in [0.25, 0.3) is 0 Å². The van der Waals surface area contributed by atoms with Gasteiger partial charge in [0.25, 0.3) is 0 Å². The van der Waals surface area contributed by atoms with Gasteiger partial charge in [0.2, 0.25) is 0 Å². The van der Waals surface area contributed by atoms with Crippen LogP contribution >= 0.6 is 0 Å². The lowest BCUT2D eigenvalue weighted by Gasteiger charge is -2.21. The van der Waals surface area contributed by atoms with Crippen LogP contribution in [0.2, 0.25) is 0 Å². The largest absolute Gasteiger partial charge is 0.496 e. The summed E-state index contributed by atoms with van der Waals surface area (Å²) in [5, 5.41) is 3.55. The van der Waals surface area contributed by atoms with Crippen LogP contribution in [-0.2, 0) is 12.0 Å². The molecule has 2 rings (SSSR count). The summed E-state index contributed by atoms with van der Waals surface area (Å²) in [4.78, 5) is 0. The van der Waals surface area contributed by atoms with Crippen LogP contribution in [0.4, 0.5) is 0 Å². The standard InChI is InChI=1S/C15H23NO/c1-15(2,3)12-5-8-14(17-4)11(9-12)10-16-13-6-7-13/h5,8-9,13,16H,6-7,10H2,1-4H3. The van der Waals surface area contributed by atoms with Gasteiger partial charge >= 0.3 is 0 Å². The Balaban J connectivity index is 2.18. The summed E-state index contributed by atoms with van der Waals surface area (Å²) in [5.74, 6) is 0.992. The summed E-state index contributed by atoms with van der Waals surface area (Å²) in [6.45, 7) is 7.64. The van der Waals surface area contributed by atoms with Crippen LogP contribution in [0.1, 0.15) is 44.7 Å². The van der Waals surface area contributed by atoms with Crippen LogP contribution in [-0.4, -0.2) is 13.2 Å². The number of hydrogen-bond donors (Lipinski definition) is 1. The molecule has 0 amide bonds. The summed E-state index contributed by atoms with van der Waals surface area (Å²) < 4.78 is 5.43. The van der Waals surface area contributed by atoms with Crippen molar-refractivity contribution in [2.45, 2.75) is 51.6 Å². The first-order valence-corrected chi connectivity index (χ1v) is 6.41. The minimum atomic E-state index is 0.195. The molecule has 0 atom stereocenters. The first kappa shape index (κ1) is 12.4. The summed E-state index contributed by atoms with van der Waals surface area (Å²) in [5.41, 5.74) is 2.83. The van der Waals surface area contributed by atoms with E-state index in [1.165, 1.54) is 24.0 Å². The quantitative estimate of drug-likeness (QED) is 0.862. The highest BCUT2D eigenvalue weighted by Crippen LogP contribution is 2.28. The molecule has 2 heteroatoms. The van der Waals surface area contributed by atoms with E-state index in [0.717, 1.165) is 18.3 Å². The maximum absolute atomic E-state index is 5.43. The molecular weight excluding hydrogens is 210 g/mol. The molecule has 1 fully saturated rings. The normalized spacial score (nSPS) is 16.0. The van der Waals surface area contributed by atoms with Crippen LogP contribution in [0.5, 0.6) is 5.75 Å². The van der Waals surface area contributed by atoms with Crippen molar-refractivity contribution < 1.29 is 4.74 Å². The van der Waals surface area contributed by atoms with Crippen molar-refractivity contribution in [3.8, 4) is 5.75 Å². The third kappa shape index (κ3) is 3.22. The summed E-state index contributed by atoms with van der Waals surface area (Å²) >= 11 is 0. The van der Waals surface area contributed by atoms with E-state index < -0.39 is 0 Å². The molecule has 94 valence electrons. The van der Waals surface area contributed by atoms with Crippen LogP contribution in [0, 0.1) is 0 Å². The summed E-state index contributed by atoms with van der Waals surface area (Å²) in [6.07, 6.45) is 2.64. The first-order chi connectivity index (χ1) is 8.00. The lowest BCUT2D eigenvalue weighted by molar-refractivity contribution is 0.407. The van der Waals surface area contributed by atoms with Crippen molar-refractivity contribution in [1.82, 2.24) is 5.32 Å². The summed E-state index contributed by atoms with van der Waals surface area (Å²) in [6, 6.07) is 7.26. The molecule has 0 aliphatic heterocycles. The fraction of sp³-hybridized carbons (Fsp3) is 0.600. The van der Waals surface area contributed by atoms with Crippen LogP contribution < -0.4 is 10.1 Å². The minimum absolute atomic E-state index is 0.195. The van der Waals surface area contributed by atoms with Crippen molar-refractivity contribution in [3.63, 3.8) is 0 Å². The molecule has 17 heavy (non-hydrogen) atoms. The van der Waals surface area contributed by atoms with E-state index in [-0.39, 0.29) is 5.41 Å². The Kier molecular flexibility index (Phi) is 3.43. The van der Waals surface area contributed by atoms with E-state index in [1.54, 1.807) is 7.11 Å². The zero-order chi connectivity index (χ0) is 12.5. The second-order valence-corrected chi connectivity index (χ2v) is 5.93. The van der Waals surface area contributed by atoms with Gasteiger partial charge in [0.15, 0.2) is 0 Å². The molecular formula is C15H23NO. The predicted molar refractivity (Wildman–Crippen MR) is 71.6 cm³/mol. The van der Waals surface area contributed by atoms with Crippen molar-refractivity contribution in [1.29, 1.82) is 0 Å². The number of hydrogen-bond acceptors (Lipinski definition) is 2. The Labute approximate surface area is 104 Å². The van der Waals surface area contributed by atoms with Gasteiger partial charge in [0.05, 0.1) is 7.11 Å². The van der Waals surface area contributed by atoms with E-state index >= 15 is 0 Å². The Hall–Kier alpha value is -1.02. The number of rotatable bonds is 4. The maximum atomic E-state index is 5.43. The topological polar surface area (TPSA) is 21.3 Å². The van der Waals surface area contributed by atoms with E-state index in [0.29, 0.717) is 0 Å². The van der Waals surface area contributed by atoms with Gasteiger partial charge in [0.1, 0.15) is 5.75 Å². The second kappa shape index (κ2) is 4.69. The van der Waals surface area contributed by atoms with Crippen molar-refractivity contribution >= 4 is 0 Å². The Morgan fingerprint density at radius 2 is 2.00 bits per heavy atom. The lowest BCUT2D eigenvalue weighted by Crippen LogP contribution is -2.17. The Morgan fingerprint density at radius 3 is 2.53 bits per heavy atom. The molecule has 1 aromatic rings. The zero-order valence-corrected chi connectivity index (χ0v) is 11.3. The first-order valence-electron chi connectivity index (χ1n) is 6.41. The van der Waals surface area contributed by atoms with Crippen LogP contribution in [0.15, 0.2) is 18.2 Å². The van der Waals surface area contributed by atoms with Gasteiger partial charge < -0.3 is 10.1 Å². The Bertz CT molecular complexity index is 388. The average molecular weight is 233 g/mol. The minimum Gasteiger partial charge on any atom is -0.496 e. The molecule has 0 aromatic heterocycles. The zero-order valence-electron chi connectivity index (χ0n) is 11.3. The van der Waals surface area contributed by atoms with Gasteiger partial charge in [-0.1, -0.05) is 32.9 Å². The van der Waals surface area contributed by atoms with Gasteiger partial charge in [-0.25, -0.2) is 0 Å². The van der Waals surface area contributed by atoms with E-state index in [2.05, 4.69) is 44.3 Å². The fourth-order valence-electron chi connectivity index (χ4n) is 1.92. The third-order valence-corrected chi connectivity index (χ3v) is 3.30. The SMILES string of the molecule is COc1ccc(C(C)(C)C)cc1CNC1CC1.